The Labute approximate surface area is 106 Å². The van der Waals surface area contributed by atoms with Crippen molar-refractivity contribution >= 4 is 21.9 Å². The molecule has 1 fully saturated rings. The fourth-order valence-corrected chi connectivity index (χ4v) is 2.75. The van der Waals surface area contributed by atoms with Crippen LogP contribution in [0.1, 0.15) is 26.7 Å². The zero-order valence-electron chi connectivity index (χ0n) is 10.6. The Bertz CT molecular complexity index is 465. The van der Waals surface area contributed by atoms with E-state index < -0.39 is 32.9 Å². The molecule has 1 amide bonds. The first kappa shape index (κ1) is 14.9. The van der Waals surface area contributed by atoms with E-state index in [1.807, 2.05) is 0 Å². The van der Waals surface area contributed by atoms with Gasteiger partial charge in [0, 0.05) is 12.1 Å². The van der Waals surface area contributed by atoms with Gasteiger partial charge in [-0.25, -0.2) is 13.1 Å². The van der Waals surface area contributed by atoms with E-state index >= 15 is 0 Å². The minimum Gasteiger partial charge on any atom is -0.480 e. The van der Waals surface area contributed by atoms with Crippen LogP contribution in [0.4, 0.5) is 0 Å². The molecule has 3 N–H and O–H groups in total. The maximum atomic E-state index is 11.7. The molecule has 7 nitrogen and oxygen atoms in total. The average molecular weight is 278 g/mol. The van der Waals surface area contributed by atoms with Crippen LogP contribution in [0.2, 0.25) is 0 Å². The highest BCUT2D eigenvalue weighted by molar-refractivity contribution is 7.88. The number of carboxylic acids is 1. The largest absolute Gasteiger partial charge is 0.480 e. The molecule has 0 atom stereocenters. The molecule has 0 heterocycles. The van der Waals surface area contributed by atoms with Gasteiger partial charge in [0.05, 0.1) is 6.26 Å². The van der Waals surface area contributed by atoms with Gasteiger partial charge in [-0.3, -0.25) is 9.59 Å². The molecule has 0 spiro atoms. The lowest BCUT2D eigenvalue weighted by atomic mass is 10.0. The van der Waals surface area contributed by atoms with Crippen molar-refractivity contribution in [3.8, 4) is 0 Å². The molecule has 0 aromatic rings. The Morgan fingerprint density at radius 3 is 2.17 bits per heavy atom. The molecule has 0 radical (unpaired) electrons. The maximum absolute atomic E-state index is 11.7. The Hall–Kier alpha value is -1.15. The second kappa shape index (κ2) is 4.51. The van der Waals surface area contributed by atoms with Gasteiger partial charge in [-0.2, -0.15) is 0 Å². The van der Waals surface area contributed by atoms with Crippen molar-refractivity contribution in [2.24, 2.45) is 5.41 Å². The Morgan fingerprint density at radius 1 is 1.33 bits per heavy atom. The fourth-order valence-electron chi connectivity index (χ4n) is 1.67. The SMILES string of the molecule is CC(C)(CNC(=O)C1(C(=O)O)CC1)NS(C)(=O)=O. The van der Waals surface area contributed by atoms with Crippen LogP contribution in [0.15, 0.2) is 0 Å². The Morgan fingerprint density at radius 2 is 1.83 bits per heavy atom. The van der Waals surface area contributed by atoms with Gasteiger partial charge in [0.25, 0.3) is 0 Å². The number of carboxylic acid groups (broad SMARTS) is 1. The first-order valence-corrected chi connectivity index (χ1v) is 7.38. The summed E-state index contributed by atoms with van der Waals surface area (Å²) in [5.41, 5.74) is -2.17. The molecule has 1 aliphatic carbocycles. The molecule has 0 aromatic carbocycles. The van der Waals surface area contributed by atoms with Crippen molar-refractivity contribution in [3.63, 3.8) is 0 Å². The smallest absolute Gasteiger partial charge is 0.319 e. The molecule has 1 aliphatic rings. The summed E-state index contributed by atoms with van der Waals surface area (Å²) in [6.45, 7) is 3.25. The number of carbonyl (C=O) groups is 2. The number of sulfonamides is 1. The van der Waals surface area contributed by atoms with Crippen molar-refractivity contribution in [2.75, 3.05) is 12.8 Å². The molecule has 104 valence electrons. The fraction of sp³-hybridized carbons (Fsp3) is 0.800. The van der Waals surface area contributed by atoms with Gasteiger partial charge < -0.3 is 10.4 Å². The number of hydrogen-bond acceptors (Lipinski definition) is 4. The van der Waals surface area contributed by atoms with E-state index in [9.17, 15) is 18.0 Å². The number of hydrogen-bond donors (Lipinski definition) is 3. The van der Waals surface area contributed by atoms with Crippen LogP contribution in [0.3, 0.4) is 0 Å². The molecule has 18 heavy (non-hydrogen) atoms. The summed E-state index contributed by atoms with van der Waals surface area (Å²) in [5, 5.41) is 11.4. The first-order valence-electron chi connectivity index (χ1n) is 5.49. The van der Waals surface area contributed by atoms with Gasteiger partial charge in [-0.1, -0.05) is 0 Å². The third-order valence-electron chi connectivity index (χ3n) is 2.75. The molecule has 0 aliphatic heterocycles. The summed E-state index contributed by atoms with van der Waals surface area (Å²) < 4.78 is 24.5. The third kappa shape index (κ3) is 3.67. The lowest BCUT2D eigenvalue weighted by Crippen LogP contribution is -2.52. The van der Waals surface area contributed by atoms with Gasteiger partial charge in [-0.05, 0) is 26.7 Å². The predicted octanol–water partition coefficient (Wildman–Crippen LogP) is -0.705. The summed E-state index contributed by atoms with van der Waals surface area (Å²) in [6.07, 6.45) is 1.68. The van der Waals surface area contributed by atoms with Crippen LogP contribution in [0.25, 0.3) is 0 Å². The first-order chi connectivity index (χ1) is 7.99. The van der Waals surface area contributed by atoms with Crippen molar-refractivity contribution in [3.05, 3.63) is 0 Å². The lowest BCUT2D eigenvalue weighted by Gasteiger charge is -2.26. The summed E-state index contributed by atoms with van der Waals surface area (Å²) in [4.78, 5) is 22.6. The van der Waals surface area contributed by atoms with Gasteiger partial charge in [0.15, 0.2) is 0 Å². The van der Waals surface area contributed by atoms with E-state index in [1.165, 1.54) is 0 Å². The maximum Gasteiger partial charge on any atom is 0.319 e. The van der Waals surface area contributed by atoms with Crippen LogP contribution in [-0.2, 0) is 19.6 Å². The minimum atomic E-state index is -3.38. The third-order valence-corrected chi connectivity index (χ3v) is 3.67. The van der Waals surface area contributed by atoms with E-state index in [0.717, 1.165) is 6.26 Å². The number of amides is 1. The van der Waals surface area contributed by atoms with Crippen LogP contribution in [0, 0.1) is 5.41 Å². The predicted molar refractivity (Wildman–Crippen MR) is 64.4 cm³/mol. The molecule has 0 aromatic heterocycles. The molecule has 0 saturated heterocycles. The van der Waals surface area contributed by atoms with Gasteiger partial charge in [0.2, 0.25) is 15.9 Å². The van der Waals surface area contributed by atoms with Gasteiger partial charge in [0.1, 0.15) is 5.41 Å². The van der Waals surface area contributed by atoms with E-state index in [1.54, 1.807) is 13.8 Å². The number of carbonyl (C=O) groups excluding carboxylic acids is 1. The highest BCUT2D eigenvalue weighted by atomic mass is 32.2. The summed E-state index contributed by atoms with van der Waals surface area (Å²) in [7, 11) is -3.38. The summed E-state index contributed by atoms with van der Waals surface area (Å²) >= 11 is 0. The van der Waals surface area contributed by atoms with Crippen LogP contribution < -0.4 is 10.0 Å². The highest BCUT2D eigenvalue weighted by Crippen LogP contribution is 2.46. The molecule has 0 unspecified atom stereocenters. The minimum absolute atomic E-state index is 0.0356. The second-order valence-corrected chi connectivity index (χ2v) is 7.08. The van der Waals surface area contributed by atoms with Crippen LogP contribution >= 0.6 is 0 Å². The highest BCUT2D eigenvalue weighted by Gasteiger charge is 2.57. The van der Waals surface area contributed by atoms with E-state index in [0.29, 0.717) is 12.8 Å². The van der Waals surface area contributed by atoms with Gasteiger partial charge >= 0.3 is 5.97 Å². The van der Waals surface area contributed by atoms with E-state index in [4.69, 9.17) is 5.11 Å². The monoisotopic (exact) mass is 278 g/mol. The van der Waals surface area contributed by atoms with Crippen molar-refractivity contribution in [1.29, 1.82) is 0 Å². The lowest BCUT2D eigenvalue weighted by molar-refractivity contribution is -0.149. The summed E-state index contributed by atoms with van der Waals surface area (Å²) in [6, 6.07) is 0. The zero-order valence-corrected chi connectivity index (χ0v) is 11.4. The van der Waals surface area contributed by atoms with Crippen molar-refractivity contribution in [1.82, 2.24) is 10.0 Å². The molecule has 1 rings (SSSR count). The molecular formula is C10H18N2O5S. The molecule has 0 bridgehead atoms. The number of aliphatic carboxylic acids is 1. The molecule has 8 heteroatoms. The van der Waals surface area contributed by atoms with E-state index in [-0.39, 0.29) is 6.54 Å². The average Bonchev–Trinajstić information content (AvgIpc) is 2.90. The topological polar surface area (TPSA) is 113 Å². The van der Waals surface area contributed by atoms with Gasteiger partial charge in [-0.15, -0.1) is 0 Å². The molecule has 1 saturated carbocycles. The van der Waals surface area contributed by atoms with Crippen molar-refractivity contribution in [2.45, 2.75) is 32.2 Å². The number of nitrogens with one attached hydrogen (secondary N) is 2. The standard InChI is InChI=1S/C10H18N2O5S/c1-9(2,12-18(3,16)17)6-11-7(13)10(4-5-10)8(14)15/h12H,4-6H2,1-3H3,(H,11,13)(H,14,15). The molecular weight excluding hydrogens is 260 g/mol. The van der Waals surface area contributed by atoms with Crippen LogP contribution in [0.5, 0.6) is 0 Å². The Balaban J connectivity index is 2.56. The zero-order chi connectivity index (χ0) is 14.2. The number of rotatable bonds is 6. The quantitative estimate of drug-likeness (QED) is 0.556. The Kier molecular flexibility index (Phi) is 3.73. The van der Waals surface area contributed by atoms with Crippen molar-refractivity contribution < 1.29 is 23.1 Å². The summed E-state index contributed by atoms with van der Waals surface area (Å²) in [5.74, 6) is -1.69. The van der Waals surface area contributed by atoms with E-state index in [2.05, 4.69) is 10.0 Å². The normalized spacial score (nSPS) is 18.2. The second-order valence-electron chi connectivity index (χ2n) is 5.33. The van der Waals surface area contributed by atoms with Crippen LogP contribution in [-0.4, -0.2) is 43.7 Å².